The second-order valence-electron chi connectivity index (χ2n) is 6.50. The molecule has 4 rings (SSSR count). The number of rotatable bonds is 4. The fraction of sp³-hybridized carbons (Fsp3) is 0.200. The monoisotopic (exact) mass is 345 g/mol. The number of aromatic amines is 1. The maximum Gasteiger partial charge on any atom is 0.190 e. The number of nitrogens with one attached hydrogen (secondary N) is 1. The molecule has 0 saturated heterocycles. The molecule has 1 atom stereocenters. The van der Waals surface area contributed by atoms with E-state index >= 15 is 0 Å². The molecule has 6 heteroatoms. The molecule has 0 spiro atoms. The van der Waals surface area contributed by atoms with Gasteiger partial charge in [0.2, 0.25) is 0 Å². The molecule has 0 bridgehead atoms. The zero-order chi connectivity index (χ0) is 18.1. The first-order chi connectivity index (χ1) is 12.6. The van der Waals surface area contributed by atoms with Crippen LogP contribution in [0.2, 0.25) is 0 Å². The Kier molecular flexibility index (Phi) is 4.08. The second-order valence-corrected chi connectivity index (χ2v) is 6.50. The van der Waals surface area contributed by atoms with Crippen LogP contribution in [0.4, 0.5) is 0 Å². The van der Waals surface area contributed by atoms with E-state index in [2.05, 4.69) is 40.2 Å². The number of fused-ring (bicyclic) bond motifs is 1. The van der Waals surface area contributed by atoms with Gasteiger partial charge in [0.1, 0.15) is 5.69 Å². The van der Waals surface area contributed by atoms with Crippen LogP contribution in [0.25, 0.3) is 22.3 Å². The number of para-hydroxylation sites is 1. The summed E-state index contributed by atoms with van der Waals surface area (Å²) in [6.45, 7) is 4.14. The van der Waals surface area contributed by atoms with Gasteiger partial charge in [0, 0.05) is 35.3 Å². The molecule has 0 amide bonds. The van der Waals surface area contributed by atoms with Crippen LogP contribution in [0.1, 0.15) is 24.2 Å². The highest BCUT2D eigenvalue weighted by molar-refractivity contribution is 5.80. The van der Waals surface area contributed by atoms with Gasteiger partial charge in [-0.05, 0) is 37.6 Å². The average Bonchev–Trinajstić information content (AvgIpc) is 3.14. The SMILES string of the molecule is Cc1cccnc1CC(C)n1cc(-c2cc(=O)c3ccccc3[nH]2)nn1. The maximum absolute atomic E-state index is 12.3. The van der Waals surface area contributed by atoms with Gasteiger partial charge >= 0.3 is 0 Å². The minimum absolute atomic E-state index is 0.0268. The molecule has 1 unspecified atom stereocenters. The van der Waals surface area contributed by atoms with Crippen LogP contribution in [0.5, 0.6) is 0 Å². The molecular formula is C20H19N5O. The highest BCUT2D eigenvalue weighted by Crippen LogP contribution is 2.19. The Hall–Kier alpha value is -3.28. The third kappa shape index (κ3) is 3.01. The van der Waals surface area contributed by atoms with E-state index in [0.29, 0.717) is 16.8 Å². The van der Waals surface area contributed by atoms with E-state index in [4.69, 9.17) is 0 Å². The summed E-state index contributed by atoms with van der Waals surface area (Å²) in [5.41, 5.74) is 4.30. The van der Waals surface area contributed by atoms with E-state index in [1.807, 2.05) is 47.4 Å². The Bertz CT molecular complexity index is 1130. The third-order valence-corrected chi connectivity index (χ3v) is 4.58. The van der Waals surface area contributed by atoms with Gasteiger partial charge in [0.25, 0.3) is 0 Å². The molecule has 0 aliphatic rings. The molecule has 0 aliphatic heterocycles. The third-order valence-electron chi connectivity index (χ3n) is 4.58. The highest BCUT2D eigenvalue weighted by Gasteiger charge is 2.13. The molecule has 3 aromatic heterocycles. The first-order valence-corrected chi connectivity index (χ1v) is 8.56. The Balaban J connectivity index is 1.64. The standard InChI is InChI=1S/C20H19N5O/c1-13-6-5-9-21-17(13)10-14(2)25-12-19(23-24-25)18-11-20(26)15-7-3-4-8-16(15)22-18/h3-9,11-12,14H,10H2,1-2H3,(H,22,26). The van der Waals surface area contributed by atoms with Crippen LogP contribution >= 0.6 is 0 Å². The molecule has 1 aromatic carbocycles. The number of aromatic nitrogens is 5. The molecular weight excluding hydrogens is 326 g/mol. The predicted molar refractivity (Wildman–Crippen MR) is 101 cm³/mol. The average molecular weight is 345 g/mol. The lowest BCUT2D eigenvalue weighted by Crippen LogP contribution is -2.10. The number of hydrogen-bond acceptors (Lipinski definition) is 4. The number of pyridine rings is 2. The molecule has 130 valence electrons. The summed E-state index contributed by atoms with van der Waals surface area (Å²) < 4.78 is 1.82. The van der Waals surface area contributed by atoms with E-state index in [0.717, 1.165) is 17.6 Å². The van der Waals surface area contributed by atoms with Crippen LogP contribution in [0.15, 0.2) is 59.7 Å². The zero-order valence-corrected chi connectivity index (χ0v) is 14.7. The van der Waals surface area contributed by atoms with Crippen molar-refractivity contribution in [3.05, 3.63) is 76.3 Å². The minimum Gasteiger partial charge on any atom is -0.353 e. The summed E-state index contributed by atoms with van der Waals surface area (Å²) in [6, 6.07) is 13.1. The van der Waals surface area contributed by atoms with Crippen LogP contribution in [-0.2, 0) is 6.42 Å². The summed E-state index contributed by atoms with van der Waals surface area (Å²) in [4.78, 5) is 20.0. The van der Waals surface area contributed by atoms with Crippen molar-refractivity contribution in [2.75, 3.05) is 0 Å². The summed E-state index contributed by atoms with van der Waals surface area (Å²) in [5.74, 6) is 0. The van der Waals surface area contributed by atoms with Crippen LogP contribution in [-0.4, -0.2) is 25.0 Å². The smallest absolute Gasteiger partial charge is 0.190 e. The van der Waals surface area contributed by atoms with Gasteiger partial charge in [-0.25, -0.2) is 4.68 Å². The Morgan fingerprint density at radius 3 is 2.88 bits per heavy atom. The largest absolute Gasteiger partial charge is 0.353 e. The lowest BCUT2D eigenvalue weighted by atomic mass is 10.1. The van der Waals surface area contributed by atoms with Crippen molar-refractivity contribution in [1.29, 1.82) is 0 Å². The van der Waals surface area contributed by atoms with E-state index in [9.17, 15) is 4.79 Å². The number of nitrogens with zero attached hydrogens (tertiary/aromatic N) is 4. The first kappa shape index (κ1) is 16.2. The van der Waals surface area contributed by atoms with Gasteiger partial charge < -0.3 is 4.98 Å². The van der Waals surface area contributed by atoms with Crippen LogP contribution in [0.3, 0.4) is 0 Å². The molecule has 0 aliphatic carbocycles. The minimum atomic E-state index is -0.0268. The summed E-state index contributed by atoms with van der Waals surface area (Å²) >= 11 is 0. The van der Waals surface area contributed by atoms with Gasteiger partial charge in [0.15, 0.2) is 5.43 Å². The topological polar surface area (TPSA) is 76.5 Å². The van der Waals surface area contributed by atoms with Crippen molar-refractivity contribution >= 4 is 10.9 Å². The molecule has 0 radical (unpaired) electrons. The van der Waals surface area contributed by atoms with E-state index < -0.39 is 0 Å². The molecule has 3 heterocycles. The maximum atomic E-state index is 12.3. The summed E-state index contributed by atoms with van der Waals surface area (Å²) in [5, 5.41) is 9.16. The number of hydrogen-bond donors (Lipinski definition) is 1. The lowest BCUT2D eigenvalue weighted by Gasteiger charge is -2.12. The van der Waals surface area contributed by atoms with Gasteiger partial charge in [-0.3, -0.25) is 9.78 Å². The molecule has 26 heavy (non-hydrogen) atoms. The van der Waals surface area contributed by atoms with E-state index in [1.165, 1.54) is 5.56 Å². The van der Waals surface area contributed by atoms with Crippen LogP contribution in [0, 0.1) is 6.92 Å². The lowest BCUT2D eigenvalue weighted by molar-refractivity contribution is 0.469. The fourth-order valence-electron chi connectivity index (χ4n) is 3.06. The van der Waals surface area contributed by atoms with Gasteiger partial charge in [-0.15, -0.1) is 5.10 Å². The van der Waals surface area contributed by atoms with Gasteiger partial charge in [-0.2, -0.15) is 0 Å². The number of benzene rings is 1. The zero-order valence-electron chi connectivity index (χ0n) is 14.7. The van der Waals surface area contributed by atoms with Crippen molar-refractivity contribution in [3.63, 3.8) is 0 Å². The van der Waals surface area contributed by atoms with Crippen LogP contribution < -0.4 is 5.43 Å². The number of H-pyrrole nitrogens is 1. The van der Waals surface area contributed by atoms with E-state index in [-0.39, 0.29) is 11.5 Å². The van der Waals surface area contributed by atoms with E-state index in [1.54, 1.807) is 6.07 Å². The Morgan fingerprint density at radius 2 is 2.04 bits per heavy atom. The Labute approximate surface area is 150 Å². The van der Waals surface area contributed by atoms with Crippen molar-refractivity contribution in [1.82, 2.24) is 25.0 Å². The molecule has 1 N–H and O–H groups in total. The van der Waals surface area contributed by atoms with Crippen molar-refractivity contribution in [3.8, 4) is 11.4 Å². The van der Waals surface area contributed by atoms with Crippen molar-refractivity contribution in [2.24, 2.45) is 0 Å². The molecule has 0 saturated carbocycles. The number of aryl methyl sites for hydroxylation is 1. The molecule has 0 fully saturated rings. The fourth-order valence-corrected chi connectivity index (χ4v) is 3.06. The Morgan fingerprint density at radius 1 is 1.19 bits per heavy atom. The quantitative estimate of drug-likeness (QED) is 0.616. The predicted octanol–water partition coefficient (Wildman–Crippen LogP) is 3.29. The summed E-state index contributed by atoms with van der Waals surface area (Å²) in [6.07, 6.45) is 4.44. The van der Waals surface area contributed by atoms with Crippen molar-refractivity contribution < 1.29 is 0 Å². The molecule has 4 aromatic rings. The van der Waals surface area contributed by atoms with Crippen molar-refractivity contribution in [2.45, 2.75) is 26.3 Å². The molecule has 6 nitrogen and oxygen atoms in total. The van der Waals surface area contributed by atoms with Gasteiger partial charge in [-0.1, -0.05) is 23.4 Å². The second kappa shape index (κ2) is 6.55. The highest BCUT2D eigenvalue weighted by atomic mass is 16.1. The first-order valence-electron chi connectivity index (χ1n) is 8.56. The summed E-state index contributed by atoms with van der Waals surface area (Å²) in [7, 11) is 0. The van der Waals surface area contributed by atoms with Gasteiger partial charge in [0.05, 0.1) is 17.9 Å². The normalized spacial score (nSPS) is 12.4.